The fourth-order valence-electron chi connectivity index (χ4n) is 4.66. The van der Waals surface area contributed by atoms with Crippen LogP contribution in [0.15, 0.2) is 0 Å². The second-order valence-electron chi connectivity index (χ2n) is 5.38. The molecule has 6 unspecified atom stereocenters. The molecule has 2 saturated carbocycles. The molecular formula is C15H31N. The van der Waals surface area contributed by atoms with Crippen molar-refractivity contribution in [1.29, 1.82) is 0 Å². The summed E-state index contributed by atoms with van der Waals surface area (Å²) in [6.07, 6.45) is 4.30. The van der Waals surface area contributed by atoms with E-state index in [4.69, 9.17) is 0 Å². The Kier molecular flexibility index (Phi) is 5.30. The average Bonchev–Trinajstić information content (AvgIpc) is 2.85. The Labute approximate surface area is 102 Å². The molecule has 0 radical (unpaired) electrons. The molecule has 0 spiro atoms. The summed E-state index contributed by atoms with van der Waals surface area (Å²) in [5, 5.41) is 3.55. The molecule has 96 valence electrons. The highest BCUT2D eigenvalue weighted by molar-refractivity contribution is 5.05. The van der Waals surface area contributed by atoms with Gasteiger partial charge in [-0.05, 0) is 43.1 Å². The van der Waals surface area contributed by atoms with Crippen LogP contribution in [0.4, 0.5) is 0 Å². The standard InChI is InChI=1S/C13H25N.C2H6/c1-5-9-10(6-2)12-7-11(9)8(3)13(12)14-4;1-2/h8-14H,5-7H2,1-4H3;1-2H3. The van der Waals surface area contributed by atoms with E-state index in [1.807, 2.05) is 13.8 Å². The smallest absolute Gasteiger partial charge is 0.0123 e. The molecule has 2 bridgehead atoms. The lowest BCUT2D eigenvalue weighted by Crippen LogP contribution is -2.44. The zero-order valence-corrected chi connectivity index (χ0v) is 12.1. The maximum Gasteiger partial charge on any atom is 0.0123 e. The lowest BCUT2D eigenvalue weighted by atomic mass is 9.70. The van der Waals surface area contributed by atoms with Gasteiger partial charge in [-0.25, -0.2) is 0 Å². The van der Waals surface area contributed by atoms with E-state index in [1.165, 1.54) is 19.3 Å². The Morgan fingerprint density at radius 3 is 1.94 bits per heavy atom. The van der Waals surface area contributed by atoms with Gasteiger partial charge in [0.2, 0.25) is 0 Å². The monoisotopic (exact) mass is 225 g/mol. The highest BCUT2D eigenvalue weighted by atomic mass is 14.9. The van der Waals surface area contributed by atoms with Crippen LogP contribution in [0.1, 0.15) is 53.9 Å². The first-order valence-electron chi connectivity index (χ1n) is 7.41. The largest absolute Gasteiger partial charge is 0.316 e. The van der Waals surface area contributed by atoms with Crippen molar-refractivity contribution >= 4 is 0 Å². The minimum atomic E-state index is 0.813. The van der Waals surface area contributed by atoms with Gasteiger partial charge in [-0.15, -0.1) is 0 Å². The molecule has 1 nitrogen and oxygen atoms in total. The van der Waals surface area contributed by atoms with Gasteiger partial charge in [0.1, 0.15) is 0 Å². The lowest BCUT2D eigenvalue weighted by molar-refractivity contribution is 0.125. The minimum Gasteiger partial charge on any atom is -0.316 e. The summed E-state index contributed by atoms with van der Waals surface area (Å²) in [4.78, 5) is 0. The van der Waals surface area contributed by atoms with Gasteiger partial charge in [0.15, 0.2) is 0 Å². The van der Waals surface area contributed by atoms with Crippen LogP contribution in [-0.4, -0.2) is 13.1 Å². The Morgan fingerprint density at radius 2 is 1.50 bits per heavy atom. The van der Waals surface area contributed by atoms with Crippen molar-refractivity contribution in [2.45, 2.75) is 59.9 Å². The van der Waals surface area contributed by atoms with Gasteiger partial charge in [-0.2, -0.15) is 0 Å². The van der Waals surface area contributed by atoms with E-state index in [0.29, 0.717) is 0 Å². The molecule has 1 N–H and O–H groups in total. The summed E-state index contributed by atoms with van der Waals surface area (Å²) in [6, 6.07) is 0.813. The predicted octanol–water partition coefficient (Wildman–Crippen LogP) is 3.94. The van der Waals surface area contributed by atoms with Crippen LogP contribution in [0.25, 0.3) is 0 Å². The molecule has 1 heteroatoms. The van der Waals surface area contributed by atoms with E-state index in [-0.39, 0.29) is 0 Å². The second-order valence-corrected chi connectivity index (χ2v) is 5.38. The molecule has 0 aromatic rings. The first kappa shape index (κ1) is 14.0. The van der Waals surface area contributed by atoms with Crippen LogP contribution in [-0.2, 0) is 0 Å². The van der Waals surface area contributed by atoms with E-state index in [2.05, 4.69) is 33.1 Å². The Morgan fingerprint density at radius 1 is 1.00 bits per heavy atom. The van der Waals surface area contributed by atoms with Gasteiger partial charge in [-0.3, -0.25) is 0 Å². The second kappa shape index (κ2) is 6.05. The Balaban J connectivity index is 0.000000606. The number of fused-ring (bicyclic) bond motifs is 2. The maximum absolute atomic E-state index is 3.55. The highest BCUT2D eigenvalue weighted by Gasteiger charge is 2.54. The van der Waals surface area contributed by atoms with Crippen molar-refractivity contribution in [2.75, 3.05) is 7.05 Å². The van der Waals surface area contributed by atoms with Crippen molar-refractivity contribution in [1.82, 2.24) is 5.32 Å². The van der Waals surface area contributed by atoms with E-state index >= 15 is 0 Å². The van der Waals surface area contributed by atoms with Gasteiger partial charge in [0.05, 0.1) is 0 Å². The lowest BCUT2D eigenvalue weighted by Gasteiger charge is -2.39. The number of rotatable bonds is 3. The van der Waals surface area contributed by atoms with Crippen molar-refractivity contribution < 1.29 is 0 Å². The van der Waals surface area contributed by atoms with Gasteiger partial charge < -0.3 is 5.32 Å². The number of nitrogens with one attached hydrogen (secondary N) is 1. The van der Waals surface area contributed by atoms with E-state index in [0.717, 1.165) is 35.6 Å². The zero-order valence-electron chi connectivity index (χ0n) is 12.1. The molecule has 0 aromatic heterocycles. The third-order valence-electron chi connectivity index (χ3n) is 5.17. The van der Waals surface area contributed by atoms with Gasteiger partial charge >= 0.3 is 0 Å². The van der Waals surface area contributed by atoms with Gasteiger partial charge in [0.25, 0.3) is 0 Å². The molecule has 0 amide bonds. The van der Waals surface area contributed by atoms with Crippen molar-refractivity contribution in [3.05, 3.63) is 0 Å². The first-order valence-corrected chi connectivity index (χ1v) is 7.41. The number of hydrogen-bond donors (Lipinski definition) is 1. The molecule has 0 aliphatic heterocycles. The minimum absolute atomic E-state index is 0.813. The summed E-state index contributed by atoms with van der Waals surface area (Å²) in [7, 11) is 2.15. The fraction of sp³-hybridized carbons (Fsp3) is 1.00. The highest BCUT2D eigenvalue weighted by Crippen LogP contribution is 2.57. The van der Waals surface area contributed by atoms with Gasteiger partial charge in [-0.1, -0.05) is 47.5 Å². The van der Waals surface area contributed by atoms with E-state index in [9.17, 15) is 0 Å². The molecule has 0 aromatic carbocycles. The van der Waals surface area contributed by atoms with Crippen molar-refractivity contribution in [2.24, 2.45) is 29.6 Å². The van der Waals surface area contributed by atoms with Crippen LogP contribution >= 0.6 is 0 Å². The molecule has 0 saturated heterocycles. The van der Waals surface area contributed by atoms with Crippen LogP contribution in [0, 0.1) is 29.6 Å². The van der Waals surface area contributed by atoms with Crippen LogP contribution < -0.4 is 5.32 Å². The van der Waals surface area contributed by atoms with Crippen molar-refractivity contribution in [3.63, 3.8) is 0 Å². The third-order valence-corrected chi connectivity index (χ3v) is 5.17. The Bertz CT molecular complexity index is 200. The molecule has 16 heavy (non-hydrogen) atoms. The summed E-state index contributed by atoms with van der Waals surface area (Å²) < 4.78 is 0. The average molecular weight is 225 g/mol. The summed E-state index contributed by atoms with van der Waals surface area (Å²) in [5.74, 6) is 4.96. The molecule has 6 atom stereocenters. The molecular weight excluding hydrogens is 194 g/mol. The van der Waals surface area contributed by atoms with E-state index < -0.39 is 0 Å². The summed E-state index contributed by atoms with van der Waals surface area (Å²) >= 11 is 0. The van der Waals surface area contributed by atoms with E-state index in [1.54, 1.807) is 0 Å². The van der Waals surface area contributed by atoms with Gasteiger partial charge in [0, 0.05) is 6.04 Å². The zero-order chi connectivity index (χ0) is 12.3. The fourth-order valence-corrected chi connectivity index (χ4v) is 4.66. The topological polar surface area (TPSA) is 12.0 Å². The number of hydrogen-bond acceptors (Lipinski definition) is 1. The quantitative estimate of drug-likeness (QED) is 0.767. The Hall–Kier alpha value is -0.0400. The predicted molar refractivity (Wildman–Crippen MR) is 72.5 cm³/mol. The maximum atomic E-state index is 3.55. The van der Waals surface area contributed by atoms with Crippen LogP contribution in [0.5, 0.6) is 0 Å². The molecule has 0 heterocycles. The van der Waals surface area contributed by atoms with Crippen LogP contribution in [0.2, 0.25) is 0 Å². The molecule has 2 aliphatic carbocycles. The SMILES string of the molecule is CC.CCC1C2CC(C1CC)C(NC)C2C. The summed E-state index contributed by atoms with van der Waals surface area (Å²) in [5.41, 5.74) is 0. The third kappa shape index (κ3) is 2.03. The van der Waals surface area contributed by atoms with Crippen molar-refractivity contribution in [3.8, 4) is 0 Å². The molecule has 2 rings (SSSR count). The normalized spacial score (nSPS) is 45.4. The molecule has 2 aliphatic rings. The summed E-state index contributed by atoms with van der Waals surface area (Å²) in [6.45, 7) is 11.2. The van der Waals surface area contributed by atoms with Crippen LogP contribution in [0.3, 0.4) is 0 Å². The first-order chi connectivity index (χ1) is 7.74. The molecule has 2 fully saturated rings.